The van der Waals surface area contributed by atoms with E-state index in [1.807, 2.05) is 6.07 Å². The van der Waals surface area contributed by atoms with Crippen molar-refractivity contribution in [3.05, 3.63) is 28.2 Å². The van der Waals surface area contributed by atoms with E-state index < -0.39 is 0 Å². The number of methoxy groups -OCH3 is 1. The van der Waals surface area contributed by atoms with Crippen molar-refractivity contribution in [2.75, 3.05) is 19.0 Å². The quantitative estimate of drug-likeness (QED) is 0.646. The number of nitrogens with one attached hydrogen (secondary N) is 1. The van der Waals surface area contributed by atoms with Gasteiger partial charge in [0.1, 0.15) is 0 Å². The van der Waals surface area contributed by atoms with E-state index in [9.17, 15) is 4.79 Å². The molecule has 0 aliphatic carbocycles. The predicted molar refractivity (Wildman–Crippen MR) is 73.3 cm³/mol. The van der Waals surface area contributed by atoms with Gasteiger partial charge in [-0.2, -0.15) is 0 Å². The average Bonchev–Trinajstić information content (AvgIpc) is 2.35. The molecular formula is C13H18BrNO2. The van der Waals surface area contributed by atoms with E-state index in [-0.39, 0.29) is 5.97 Å². The van der Waals surface area contributed by atoms with Gasteiger partial charge in [0.25, 0.3) is 0 Å². The molecule has 94 valence electrons. The van der Waals surface area contributed by atoms with Crippen molar-refractivity contribution >= 4 is 27.6 Å². The normalized spacial score (nSPS) is 10.1. The Bertz CT molecular complexity index is 380. The molecule has 4 heteroatoms. The van der Waals surface area contributed by atoms with Crippen LogP contribution < -0.4 is 5.32 Å². The Morgan fingerprint density at radius 1 is 1.47 bits per heavy atom. The van der Waals surface area contributed by atoms with Crippen LogP contribution in [0.2, 0.25) is 0 Å². The highest BCUT2D eigenvalue weighted by atomic mass is 79.9. The fraction of sp³-hybridized carbons (Fsp3) is 0.462. The molecule has 0 bridgehead atoms. The number of halogens is 1. The molecule has 0 fully saturated rings. The molecular weight excluding hydrogens is 282 g/mol. The van der Waals surface area contributed by atoms with Crippen LogP contribution >= 0.6 is 15.9 Å². The summed E-state index contributed by atoms with van der Waals surface area (Å²) in [6, 6.07) is 6.19. The van der Waals surface area contributed by atoms with E-state index in [1.165, 1.54) is 12.7 Å². The summed E-state index contributed by atoms with van der Waals surface area (Å²) in [4.78, 5) is 10.9. The van der Waals surface area contributed by atoms with Crippen LogP contribution in [0.4, 0.5) is 5.69 Å². The minimum Gasteiger partial charge on any atom is -0.469 e. The molecule has 3 nitrogen and oxygen atoms in total. The minimum atomic E-state index is -0.154. The molecule has 0 aliphatic heterocycles. The number of ether oxygens (including phenoxy) is 1. The van der Waals surface area contributed by atoms with E-state index in [2.05, 4.69) is 45.0 Å². The SMILES string of the molecule is CCc1cc(Br)ccc1NCCCC(=O)OC. The number of carbonyl (C=O) groups is 1. The number of hydrogen-bond donors (Lipinski definition) is 1. The lowest BCUT2D eigenvalue weighted by Gasteiger charge is -2.11. The Labute approximate surface area is 111 Å². The van der Waals surface area contributed by atoms with Crippen molar-refractivity contribution in [1.29, 1.82) is 0 Å². The van der Waals surface area contributed by atoms with Crippen molar-refractivity contribution in [2.45, 2.75) is 26.2 Å². The standard InChI is InChI=1S/C13H18BrNO2/c1-3-10-9-11(14)6-7-12(10)15-8-4-5-13(16)17-2/h6-7,9,15H,3-5,8H2,1-2H3. The highest BCUT2D eigenvalue weighted by molar-refractivity contribution is 9.10. The molecule has 1 N–H and O–H groups in total. The van der Waals surface area contributed by atoms with Crippen LogP contribution in [-0.2, 0) is 16.0 Å². The zero-order chi connectivity index (χ0) is 12.7. The van der Waals surface area contributed by atoms with Gasteiger partial charge in [0.15, 0.2) is 0 Å². The third-order valence-corrected chi connectivity index (χ3v) is 3.04. The van der Waals surface area contributed by atoms with E-state index >= 15 is 0 Å². The molecule has 0 atom stereocenters. The second kappa shape index (κ2) is 7.33. The summed E-state index contributed by atoms with van der Waals surface area (Å²) in [6.07, 6.45) is 2.23. The smallest absolute Gasteiger partial charge is 0.305 e. The summed E-state index contributed by atoms with van der Waals surface area (Å²) in [5, 5.41) is 3.34. The van der Waals surface area contributed by atoms with Gasteiger partial charge >= 0.3 is 5.97 Å². The zero-order valence-electron chi connectivity index (χ0n) is 10.3. The first-order valence-electron chi connectivity index (χ1n) is 5.76. The fourth-order valence-corrected chi connectivity index (χ4v) is 1.99. The highest BCUT2D eigenvalue weighted by Crippen LogP contribution is 2.21. The van der Waals surface area contributed by atoms with Gasteiger partial charge in [-0.05, 0) is 36.6 Å². The molecule has 1 aromatic carbocycles. The van der Waals surface area contributed by atoms with Crippen LogP contribution in [0.15, 0.2) is 22.7 Å². The summed E-state index contributed by atoms with van der Waals surface area (Å²) in [6.45, 7) is 2.91. The average molecular weight is 300 g/mol. The number of benzene rings is 1. The third-order valence-electron chi connectivity index (χ3n) is 2.55. The Kier molecular flexibility index (Phi) is 6.05. The topological polar surface area (TPSA) is 38.3 Å². The van der Waals surface area contributed by atoms with Gasteiger partial charge in [0.2, 0.25) is 0 Å². The van der Waals surface area contributed by atoms with Gasteiger partial charge in [0, 0.05) is 23.1 Å². The first kappa shape index (κ1) is 14.0. The Morgan fingerprint density at radius 3 is 2.88 bits per heavy atom. The summed E-state index contributed by atoms with van der Waals surface area (Å²) in [5.74, 6) is -0.154. The van der Waals surface area contributed by atoms with Crippen LogP contribution in [0.3, 0.4) is 0 Å². The molecule has 0 unspecified atom stereocenters. The molecule has 0 amide bonds. The molecule has 0 saturated carbocycles. The molecule has 0 radical (unpaired) electrons. The summed E-state index contributed by atoms with van der Waals surface area (Å²) >= 11 is 3.46. The second-order valence-corrected chi connectivity index (χ2v) is 4.68. The van der Waals surface area contributed by atoms with Crippen LogP contribution in [0.5, 0.6) is 0 Å². The van der Waals surface area contributed by atoms with Gasteiger partial charge in [-0.15, -0.1) is 0 Å². The monoisotopic (exact) mass is 299 g/mol. The van der Waals surface area contributed by atoms with Gasteiger partial charge in [-0.1, -0.05) is 22.9 Å². The molecule has 0 heterocycles. The largest absolute Gasteiger partial charge is 0.469 e. The molecule has 1 aromatic rings. The maximum Gasteiger partial charge on any atom is 0.305 e. The lowest BCUT2D eigenvalue weighted by Crippen LogP contribution is -2.07. The van der Waals surface area contributed by atoms with Gasteiger partial charge in [-0.25, -0.2) is 0 Å². The number of esters is 1. The number of rotatable bonds is 6. The van der Waals surface area contributed by atoms with Crippen molar-refractivity contribution in [3.63, 3.8) is 0 Å². The fourth-order valence-electron chi connectivity index (χ4n) is 1.59. The molecule has 0 spiro atoms. The number of carbonyl (C=O) groups excluding carboxylic acids is 1. The third kappa shape index (κ3) is 4.77. The van der Waals surface area contributed by atoms with Gasteiger partial charge in [0.05, 0.1) is 7.11 Å². The predicted octanol–water partition coefficient (Wildman–Crippen LogP) is 3.38. The van der Waals surface area contributed by atoms with Crippen molar-refractivity contribution in [3.8, 4) is 0 Å². The van der Waals surface area contributed by atoms with Crippen molar-refractivity contribution in [1.82, 2.24) is 0 Å². The second-order valence-electron chi connectivity index (χ2n) is 3.76. The summed E-state index contributed by atoms with van der Waals surface area (Å²) in [7, 11) is 1.42. The summed E-state index contributed by atoms with van der Waals surface area (Å²) < 4.78 is 5.68. The number of anilines is 1. The van der Waals surface area contributed by atoms with E-state index in [1.54, 1.807) is 0 Å². The number of aryl methyl sites for hydroxylation is 1. The van der Waals surface area contributed by atoms with E-state index in [4.69, 9.17) is 0 Å². The zero-order valence-corrected chi connectivity index (χ0v) is 11.8. The Hall–Kier alpha value is -1.03. The lowest BCUT2D eigenvalue weighted by molar-refractivity contribution is -0.140. The van der Waals surface area contributed by atoms with Crippen molar-refractivity contribution < 1.29 is 9.53 Å². The highest BCUT2D eigenvalue weighted by Gasteiger charge is 2.02. The van der Waals surface area contributed by atoms with Crippen LogP contribution in [0.25, 0.3) is 0 Å². The molecule has 1 rings (SSSR count). The first-order chi connectivity index (χ1) is 8.17. The van der Waals surface area contributed by atoms with Gasteiger partial charge < -0.3 is 10.1 Å². The molecule has 17 heavy (non-hydrogen) atoms. The Morgan fingerprint density at radius 2 is 2.24 bits per heavy atom. The van der Waals surface area contributed by atoms with E-state index in [0.717, 1.165) is 29.5 Å². The number of hydrogen-bond acceptors (Lipinski definition) is 3. The van der Waals surface area contributed by atoms with Crippen LogP contribution in [-0.4, -0.2) is 19.6 Å². The molecule has 0 saturated heterocycles. The molecule has 0 aromatic heterocycles. The Balaban J connectivity index is 2.43. The molecule has 0 aliphatic rings. The van der Waals surface area contributed by atoms with Crippen LogP contribution in [0.1, 0.15) is 25.3 Å². The maximum absolute atomic E-state index is 10.9. The van der Waals surface area contributed by atoms with Crippen molar-refractivity contribution in [2.24, 2.45) is 0 Å². The lowest BCUT2D eigenvalue weighted by atomic mass is 10.1. The van der Waals surface area contributed by atoms with Crippen LogP contribution in [0, 0.1) is 0 Å². The first-order valence-corrected chi connectivity index (χ1v) is 6.55. The van der Waals surface area contributed by atoms with E-state index in [0.29, 0.717) is 6.42 Å². The van der Waals surface area contributed by atoms with Gasteiger partial charge in [-0.3, -0.25) is 4.79 Å². The minimum absolute atomic E-state index is 0.154. The summed E-state index contributed by atoms with van der Waals surface area (Å²) in [5.41, 5.74) is 2.41. The maximum atomic E-state index is 10.9.